The van der Waals surface area contributed by atoms with Crippen molar-refractivity contribution >= 4 is 18.2 Å². The van der Waals surface area contributed by atoms with Crippen molar-refractivity contribution in [1.29, 1.82) is 5.41 Å². The van der Waals surface area contributed by atoms with Crippen LogP contribution in [0, 0.1) is 17.2 Å². The average molecular weight is 749 g/mol. The van der Waals surface area contributed by atoms with E-state index in [2.05, 4.69) is 32.6 Å². The van der Waals surface area contributed by atoms with Crippen molar-refractivity contribution in [3.8, 4) is 0 Å². The Morgan fingerprint density at radius 2 is 0.736 bits per heavy atom. The SMILES string of the molecule is CCCCCCCCC(CCCCCC)C(=O)OCCCCCCN(CCC=N)CCCCCCOC(=O)[C@@H](CCCCCC)CCCCCCCC. The molecule has 0 radical (unpaired) electrons. The minimum Gasteiger partial charge on any atom is -0.465 e. The van der Waals surface area contributed by atoms with Gasteiger partial charge in [-0.05, 0) is 77.1 Å². The van der Waals surface area contributed by atoms with Crippen molar-refractivity contribution in [3.63, 3.8) is 0 Å². The van der Waals surface area contributed by atoms with Crippen molar-refractivity contribution in [3.05, 3.63) is 0 Å². The molecule has 53 heavy (non-hydrogen) atoms. The molecule has 0 aromatic carbocycles. The maximum absolute atomic E-state index is 12.9. The normalized spacial score (nSPS) is 12.6. The van der Waals surface area contributed by atoms with E-state index in [4.69, 9.17) is 14.9 Å². The molecule has 0 aliphatic carbocycles. The van der Waals surface area contributed by atoms with Gasteiger partial charge in [-0.25, -0.2) is 0 Å². The minimum absolute atomic E-state index is 0.0523. The number of unbranched alkanes of at least 4 members (excludes halogenated alkanes) is 22. The van der Waals surface area contributed by atoms with Gasteiger partial charge in [-0.3, -0.25) is 9.59 Å². The van der Waals surface area contributed by atoms with Crippen molar-refractivity contribution < 1.29 is 19.1 Å². The molecule has 0 rings (SSSR count). The Morgan fingerprint density at radius 1 is 0.434 bits per heavy atom. The van der Waals surface area contributed by atoms with Gasteiger partial charge in [-0.1, -0.05) is 182 Å². The Balaban J connectivity index is 4.29. The lowest BCUT2D eigenvalue weighted by atomic mass is 9.94. The largest absolute Gasteiger partial charge is 0.465 e. The average Bonchev–Trinajstić information content (AvgIpc) is 3.16. The second-order valence-corrected chi connectivity index (χ2v) is 16.2. The summed E-state index contributed by atoms with van der Waals surface area (Å²) < 4.78 is 11.6. The van der Waals surface area contributed by atoms with E-state index in [-0.39, 0.29) is 23.8 Å². The van der Waals surface area contributed by atoms with Crippen molar-refractivity contribution in [1.82, 2.24) is 4.90 Å². The van der Waals surface area contributed by atoms with Crippen LogP contribution in [0.25, 0.3) is 0 Å². The van der Waals surface area contributed by atoms with Crippen molar-refractivity contribution in [2.45, 2.75) is 240 Å². The molecular formula is C47H92N2O4. The predicted molar refractivity (Wildman–Crippen MR) is 229 cm³/mol. The first-order valence-corrected chi connectivity index (χ1v) is 23.6. The van der Waals surface area contributed by atoms with Crippen LogP contribution in [0.5, 0.6) is 0 Å². The molecule has 1 N–H and O–H groups in total. The van der Waals surface area contributed by atoms with Crippen molar-refractivity contribution in [2.24, 2.45) is 11.8 Å². The zero-order valence-electron chi connectivity index (χ0n) is 36.2. The van der Waals surface area contributed by atoms with E-state index in [1.165, 1.54) is 109 Å². The number of nitrogens with one attached hydrogen (secondary N) is 1. The molecule has 0 bridgehead atoms. The number of carbonyl (C=O) groups excluding carboxylic acids is 2. The van der Waals surface area contributed by atoms with Crippen LogP contribution >= 0.6 is 0 Å². The fraction of sp³-hybridized carbons (Fsp3) is 0.936. The van der Waals surface area contributed by atoms with Crippen LogP contribution < -0.4 is 0 Å². The second-order valence-electron chi connectivity index (χ2n) is 16.2. The maximum atomic E-state index is 12.9. The Hall–Kier alpha value is -1.43. The number of rotatable bonds is 43. The van der Waals surface area contributed by atoms with Gasteiger partial charge >= 0.3 is 11.9 Å². The monoisotopic (exact) mass is 749 g/mol. The predicted octanol–water partition coefficient (Wildman–Crippen LogP) is 14.2. The highest BCUT2D eigenvalue weighted by Gasteiger charge is 2.20. The molecule has 0 saturated carbocycles. The highest BCUT2D eigenvalue weighted by molar-refractivity contribution is 5.72. The Kier molecular flexibility index (Phi) is 40.6. The van der Waals surface area contributed by atoms with Gasteiger partial charge in [0.05, 0.1) is 25.0 Å². The highest BCUT2D eigenvalue weighted by Crippen LogP contribution is 2.22. The summed E-state index contributed by atoms with van der Waals surface area (Å²) in [6.45, 7) is 13.2. The summed E-state index contributed by atoms with van der Waals surface area (Å²) in [4.78, 5) is 28.4. The van der Waals surface area contributed by atoms with E-state index in [9.17, 15) is 9.59 Å². The van der Waals surface area contributed by atoms with Gasteiger partial charge < -0.3 is 19.8 Å². The number of hydrogen-bond acceptors (Lipinski definition) is 6. The molecule has 0 aromatic rings. The first-order chi connectivity index (χ1) is 26.0. The van der Waals surface area contributed by atoms with Crippen LogP contribution in [-0.4, -0.2) is 55.9 Å². The minimum atomic E-state index is 0.0523. The van der Waals surface area contributed by atoms with Gasteiger partial charge in [0.15, 0.2) is 0 Å². The van der Waals surface area contributed by atoms with Crippen LogP contribution in [-0.2, 0) is 19.1 Å². The molecule has 6 nitrogen and oxygen atoms in total. The van der Waals surface area contributed by atoms with E-state index in [0.29, 0.717) is 13.2 Å². The summed E-state index contributed by atoms with van der Waals surface area (Å²) >= 11 is 0. The molecule has 0 aliphatic heterocycles. The van der Waals surface area contributed by atoms with Crippen LogP contribution in [0.1, 0.15) is 240 Å². The van der Waals surface area contributed by atoms with E-state index in [1.807, 2.05) is 0 Å². The second kappa shape index (κ2) is 41.7. The van der Waals surface area contributed by atoms with E-state index in [1.54, 1.807) is 0 Å². The molecule has 0 heterocycles. The van der Waals surface area contributed by atoms with Gasteiger partial charge in [0.25, 0.3) is 0 Å². The molecule has 0 amide bonds. The molecule has 0 saturated heterocycles. The fourth-order valence-electron chi connectivity index (χ4n) is 7.48. The number of carbonyl (C=O) groups is 2. The molecule has 0 spiro atoms. The van der Waals surface area contributed by atoms with Crippen LogP contribution in [0.2, 0.25) is 0 Å². The summed E-state index contributed by atoms with van der Waals surface area (Å²) in [5.41, 5.74) is 0. The summed E-state index contributed by atoms with van der Waals surface area (Å²) in [7, 11) is 0. The quantitative estimate of drug-likeness (QED) is 0.0381. The number of esters is 2. The topological polar surface area (TPSA) is 79.7 Å². The lowest BCUT2D eigenvalue weighted by Gasteiger charge is -2.21. The van der Waals surface area contributed by atoms with Gasteiger partial charge in [0.2, 0.25) is 0 Å². The third-order valence-electron chi connectivity index (χ3n) is 11.1. The number of nitrogens with zero attached hydrogens (tertiary/aromatic N) is 1. The molecule has 0 aliphatic rings. The molecular weight excluding hydrogens is 657 g/mol. The fourth-order valence-corrected chi connectivity index (χ4v) is 7.48. The molecule has 0 aromatic heterocycles. The van der Waals surface area contributed by atoms with Gasteiger partial charge in [0, 0.05) is 6.54 Å². The standard InChI is InChI=1S/C47H92N2O4/c1-5-9-13-17-19-27-36-44(34-25-15-11-7-3)46(50)52-42-31-23-21-29-39-49(41-33-38-48)40-30-22-24-32-43-53-47(51)45(35-26-16-12-8-4)37-28-20-18-14-10-6-2/h38,44-45,48H,5-37,39-43H2,1-4H3/t44-,45?/m0/s1. The third-order valence-corrected chi connectivity index (χ3v) is 11.1. The molecule has 1 unspecified atom stereocenters. The first kappa shape index (κ1) is 51.6. The summed E-state index contributed by atoms with van der Waals surface area (Å²) in [6, 6.07) is 0. The number of hydrogen-bond donors (Lipinski definition) is 1. The van der Waals surface area contributed by atoms with E-state index in [0.717, 1.165) is 129 Å². The van der Waals surface area contributed by atoms with E-state index >= 15 is 0 Å². The zero-order valence-corrected chi connectivity index (χ0v) is 36.2. The van der Waals surface area contributed by atoms with E-state index < -0.39 is 0 Å². The van der Waals surface area contributed by atoms with Crippen LogP contribution in [0.4, 0.5) is 0 Å². The van der Waals surface area contributed by atoms with Crippen LogP contribution in [0.15, 0.2) is 0 Å². The van der Waals surface area contributed by atoms with Crippen molar-refractivity contribution in [2.75, 3.05) is 32.8 Å². The van der Waals surface area contributed by atoms with Gasteiger partial charge in [0.1, 0.15) is 0 Å². The smallest absolute Gasteiger partial charge is 0.308 e. The summed E-state index contributed by atoms with van der Waals surface area (Å²) in [6.07, 6.45) is 40.0. The third kappa shape index (κ3) is 34.8. The Bertz CT molecular complexity index is 733. The Morgan fingerprint density at radius 3 is 1.09 bits per heavy atom. The number of ether oxygens (including phenoxy) is 2. The Labute approximate surface area is 331 Å². The highest BCUT2D eigenvalue weighted by atomic mass is 16.5. The van der Waals surface area contributed by atoms with Gasteiger partial charge in [-0.2, -0.15) is 0 Å². The lowest BCUT2D eigenvalue weighted by Crippen LogP contribution is -2.27. The maximum Gasteiger partial charge on any atom is 0.308 e. The molecule has 2 atom stereocenters. The molecule has 0 fully saturated rings. The molecule has 6 heteroatoms. The molecule has 314 valence electrons. The first-order valence-electron chi connectivity index (χ1n) is 23.6. The summed E-state index contributed by atoms with van der Waals surface area (Å²) in [5, 5.41) is 7.52. The lowest BCUT2D eigenvalue weighted by molar-refractivity contribution is -0.150. The van der Waals surface area contributed by atoms with Crippen LogP contribution in [0.3, 0.4) is 0 Å². The zero-order chi connectivity index (χ0) is 38.9. The van der Waals surface area contributed by atoms with Gasteiger partial charge in [-0.15, -0.1) is 0 Å². The summed E-state index contributed by atoms with van der Waals surface area (Å²) in [5.74, 6) is 0.285.